The molecule has 3 unspecified atom stereocenters. The number of carbonyl (C=O) groups is 2. The van der Waals surface area contributed by atoms with Crippen LogP contribution in [0.3, 0.4) is 0 Å². The Kier molecular flexibility index (Phi) is 6.75. The Bertz CT molecular complexity index is 551. The first-order chi connectivity index (χ1) is 11.5. The Morgan fingerprint density at radius 2 is 2.04 bits per heavy atom. The number of amides is 1. The maximum Gasteiger partial charge on any atom is 0.306 e. The van der Waals surface area contributed by atoms with E-state index < -0.39 is 18.0 Å². The molecule has 0 radical (unpaired) electrons. The van der Waals surface area contributed by atoms with E-state index in [0.29, 0.717) is 18.7 Å². The van der Waals surface area contributed by atoms with Gasteiger partial charge in [0, 0.05) is 12.3 Å². The smallest absolute Gasteiger partial charge is 0.306 e. The molecule has 2 rings (SSSR count). The zero-order valence-electron chi connectivity index (χ0n) is 14.2. The molecule has 1 heterocycles. The molecule has 1 fully saturated rings. The van der Waals surface area contributed by atoms with Crippen LogP contribution in [0.25, 0.3) is 0 Å². The first kappa shape index (κ1) is 18.4. The lowest BCUT2D eigenvalue weighted by atomic mass is 10.0. The highest BCUT2D eigenvalue weighted by molar-refractivity contribution is 5.93. The fourth-order valence-electron chi connectivity index (χ4n) is 2.51. The third-order valence-corrected chi connectivity index (χ3v) is 4.11. The van der Waals surface area contributed by atoms with Crippen LogP contribution in [0.15, 0.2) is 24.3 Å². The standard InChI is InChI=1S/C18H25NO5/c1-12(18(21)22)10-14-5-7-15(8-6-14)19-17(20)13(2)24-11-16-4-3-9-23-16/h5-8,12-13,16H,3-4,9-11H2,1-2H3,(H,19,20)(H,21,22). The summed E-state index contributed by atoms with van der Waals surface area (Å²) in [6.07, 6.45) is 2.02. The summed E-state index contributed by atoms with van der Waals surface area (Å²) >= 11 is 0. The van der Waals surface area contributed by atoms with Crippen LogP contribution in [-0.4, -0.2) is 42.4 Å². The molecule has 1 aromatic carbocycles. The summed E-state index contributed by atoms with van der Waals surface area (Å²) in [5, 5.41) is 11.7. The highest BCUT2D eigenvalue weighted by Crippen LogP contribution is 2.15. The Balaban J connectivity index is 1.79. The quantitative estimate of drug-likeness (QED) is 0.762. The van der Waals surface area contributed by atoms with E-state index in [1.807, 2.05) is 12.1 Å². The van der Waals surface area contributed by atoms with Gasteiger partial charge in [0.25, 0.3) is 5.91 Å². The van der Waals surface area contributed by atoms with Gasteiger partial charge in [-0.3, -0.25) is 9.59 Å². The largest absolute Gasteiger partial charge is 0.481 e. The van der Waals surface area contributed by atoms with Gasteiger partial charge in [-0.1, -0.05) is 19.1 Å². The van der Waals surface area contributed by atoms with E-state index in [4.69, 9.17) is 14.6 Å². The van der Waals surface area contributed by atoms with E-state index >= 15 is 0 Å². The number of carboxylic acid groups (broad SMARTS) is 1. The predicted octanol–water partition coefficient (Wildman–Crippen LogP) is 2.47. The molecule has 3 atom stereocenters. The molecule has 1 amide bonds. The summed E-state index contributed by atoms with van der Waals surface area (Å²) in [5.74, 6) is -1.46. The number of anilines is 1. The monoisotopic (exact) mass is 335 g/mol. The Morgan fingerprint density at radius 1 is 1.33 bits per heavy atom. The molecule has 0 aromatic heterocycles. The molecule has 0 bridgehead atoms. The maximum absolute atomic E-state index is 12.1. The van der Waals surface area contributed by atoms with Crippen molar-refractivity contribution in [3.63, 3.8) is 0 Å². The molecule has 0 saturated carbocycles. The Labute approximate surface area is 142 Å². The first-order valence-corrected chi connectivity index (χ1v) is 8.31. The van der Waals surface area contributed by atoms with Gasteiger partial charge in [-0.05, 0) is 43.9 Å². The van der Waals surface area contributed by atoms with Crippen molar-refractivity contribution in [1.82, 2.24) is 0 Å². The fourth-order valence-corrected chi connectivity index (χ4v) is 2.51. The predicted molar refractivity (Wildman–Crippen MR) is 90.0 cm³/mol. The lowest BCUT2D eigenvalue weighted by Crippen LogP contribution is -2.30. The van der Waals surface area contributed by atoms with Gasteiger partial charge in [0.15, 0.2) is 0 Å². The number of hydrogen-bond acceptors (Lipinski definition) is 4. The van der Waals surface area contributed by atoms with Crippen LogP contribution < -0.4 is 5.32 Å². The molecule has 1 aliphatic rings. The summed E-state index contributed by atoms with van der Waals surface area (Å²) < 4.78 is 11.0. The molecule has 1 aliphatic heterocycles. The molecule has 6 heteroatoms. The molecule has 1 aromatic rings. The van der Waals surface area contributed by atoms with Crippen LogP contribution >= 0.6 is 0 Å². The number of aliphatic carboxylic acids is 1. The van der Waals surface area contributed by atoms with Crippen molar-refractivity contribution in [2.75, 3.05) is 18.5 Å². The molecule has 6 nitrogen and oxygen atoms in total. The van der Waals surface area contributed by atoms with Crippen molar-refractivity contribution in [3.8, 4) is 0 Å². The lowest BCUT2D eigenvalue weighted by Gasteiger charge is -2.16. The van der Waals surface area contributed by atoms with E-state index in [1.54, 1.807) is 26.0 Å². The number of rotatable bonds is 8. The van der Waals surface area contributed by atoms with E-state index in [2.05, 4.69) is 5.32 Å². The van der Waals surface area contributed by atoms with Crippen molar-refractivity contribution in [1.29, 1.82) is 0 Å². The van der Waals surface area contributed by atoms with Crippen LogP contribution in [0, 0.1) is 5.92 Å². The second-order valence-corrected chi connectivity index (χ2v) is 6.24. The summed E-state index contributed by atoms with van der Waals surface area (Å²) in [6.45, 7) is 4.58. The Hall–Kier alpha value is -1.92. The molecular weight excluding hydrogens is 310 g/mol. The molecule has 2 N–H and O–H groups in total. The lowest BCUT2D eigenvalue weighted by molar-refractivity contribution is -0.141. The van der Waals surface area contributed by atoms with Crippen LogP contribution in [0.2, 0.25) is 0 Å². The minimum absolute atomic E-state index is 0.0933. The first-order valence-electron chi connectivity index (χ1n) is 8.31. The van der Waals surface area contributed by atoms with Gasteiger partial charge in [0.05, 0.1) is 18.6 Å². The van der Waals surface area contributed by atoms with Crippen molar-refractivity contribution < 1.29 is 24.2 Å². The second-order valence-electron chi connectivity index (χ2n) is 6.24. The van der Waals surface area contributed by atoms with Gasteiger partial charge >= 0.3 is 5.97 Å². The van der Waals surface area contributed by atoms with Gasteiger partial charge in [0.2, 0.25) is 0 Å². The average Bonchev–Trinajstić information content (AvgIpc) is 3.07. The third kappa shape index (κ3) is 5.62. The van der Waals surface area contributed by atoms with Gasteiger partial charge in [-0.25, -0.2) is 0 Å². The van der Waals surface area contributed by atoms with Gasteiger partial charge in [-0.2, -0.15) is 0 Å². The second kappa shape index (κ2) is 8.80. The van der Waals surface area contributed by atoms with Crippen LogP contribution in [-0.2, 0) is 25.5 Å². The molecule has 24 heavy (non-hydrogen) atoms. The number of ether oxygens (including phenoxy) is 2. The third-order valence-electron chi connectivity index (χ3n) is 4.11. The fraction of sp³-hybridized carbons (Fsp3) is 0.556. The van der Waals surface area contributed by atoms with Crippen LogP contribution in [0.4, 0.5) is 5.69 Å². The highest BCUT2D eigenvalue weighted by Gasteiger charge is 2.20. The van der Waals surface area contributed by atoms with E-state index in [-0.39, 0.29) is 12.0 Å². The number of nitrogens with one attached hydrogen (secondary N) is 1. The SMILES string of the molecule is CC(Cc1ccc(NC(=O)C(C)OCC2CCCO2)cc1)C(=O)O. The van der Waals surface area contributed by atoms with Crippen molar-refractivity contribution in [3.05, 3.63) is 29.8 Å². The zero-order chi connectivity index (χ0) is 17.5. The van der Waals surface area contributed by atoms with Crippen molar-refractivity contribution in [2.45, 2.75) is 45.3 Å². The molecule has 0 aliphatic carbocycles. The maximum atomic E-state index is 12.1. The summed E-state index contributed by atoms with van der Waals surface area (Å²) in [5.41, 5.74) is 1.59. The number of benzene rings is 1. The van der Waals surface area contributed by atoms with Gasteiger partial charge < -0.3 is 19.9 Å². The van der Waals surface area contributed by atoms with Crippen molar-refractivity contribution >= 4 is 17.6 Å². The minimum Gasteiger partial charge on any atom is -0.481 e. The molecule has 132 valence electrons. The number of carboxylic acids is 1. The van der Waals surface area contributed by atoms with E-state index in [9.17, 15) is 9.59 Å². The molecule has 1 saturated heterocycles. The Morgan fingerprint density at radius 3 is 2.62 bits per heavy atom. The summed E-state index contributed by atoms with van der Waals surface area (Å²) in [7, 11) is 0. The average molecular weight is 335 g/mol. The van der Waals surface area contributed by atoms with Gasteiger partial charge in [0.1, 0.15) is 6.10 Å². The minimum atomic E-state index is -0.815. The number of carbonyl (C=O) groups excluding carboxylic acids is 1. The van der Waals surface area contributed by atoms with Crippen LogP contribution in [0.1, 0.15) is 32.3 Å². The normalized spacial score (nSPS) is 19.7. The van der Waals surface area contributed by atoms with Gasteiger partial charge in [-0.15, -0.1) is 0 Å². The number of hydrogen-bond donors (Lipinski definition) is 2. The zero-order valence-corrected chi connectivity index (χ0v) is 14.2. The highest BCUT2D eigenvalue weighted by atomic mass is 16.5. The topological polar surface area (TPSA) is 84.9 Å². The van der Waals surface area contributed by atoms with Crippen molar-refractivity contribution in [2.24, 2.45) is 5.92 Å². The molecule has 0 spiro atoms. The van der Waals surface area contributed by atoms with Crippen LogP contribution in [0.5, 0.6) is 0 Å². The van der Waals surface area contributed by atoms with E-state index in [1.165, 1.54) is 0 Å². The summed E-state index contributed by atoms with van der Waals surface area (Å²) in [6, 6.07) is 7.20. The summed E-state index contributed by atoms with van der Waals surface area (Å²) in [4.78, 5) is 23.0. The molecular formula is C18H25NO5. The van der Waals surface area contributed by atoms with E-state index in [0.717, 1.165) is 25.0 Å².